The molecule has 1 spiro atoms. The summed E-state index contributed by atoms with van der Waals surface area (Å²) in [6.07, 6.45) is 5.82. The number of ether oxygens (including phenoxy) is 1. The molecule has 2 aromatic rings. The van der Waals surface area contributed by atoms with Crippen molar-refractivity contribution in [2.24, 2.45) is 10.4 Å². The lowest BCUT2D eigenvalue weighted by Crippen LogP contribution is -2.35. The SMILES string of the molecule is COc1nc(N2CCC3(Cc4ccc(F)cc4C3)C2=O)ccc1C1=CCN=C1. The molecule has 5 nitrogen and oxygen atoms in total. The molecule has 1 amide bonds. The van der Waals surface area contributed by atoms with Crippen LogP contribution < -0.4 is 9.64 Å². The van der Waals surface area contributed by atoms with E-state index >= 15 is 0 Å². The third kappa shape index (κ3) is 2.55. The Morgan fingerprint density at radius 1 is 1.18 bits per heavy atom. The van der Waals surface area contributed by atoms with Crippen LogP contribution in [-0.4, -0.2) is 37.3 Å². The number of aromatic nitrogens is 1. The molecular weight excluding hydrogens is 357 g/mol. The summed E-state index contributed by atoms with van der Waals surface area (Å²) in [4.78, 5) is 23.9. The summed E-state index contributed by atoms with van der Waals surface area (Å²) in [6, 6.07) is 8.64. The molecule has 2 aliphatic heterocycles. The minimum absolute atomic E-state index is 0.0630. The van der Waals surface area contributed by atoms with E-state index in [2.05, 4.69) is 9.98 Å². The minimum Gasteiger partial charge on any atom is -0.480 e. The topological polar surface area (TPSA) is 54.8 Å². The van der Waals surface area contributed by atoms with Gasteiger partial charge >= 0.3 is 0 Å². The summed E-state index contributed by atoms with van der Waals surface area (Å²) in [5, 5.41) is 0. The first-order valence-electron chi connectivity index (χ1n) is 9.44. The Hall–Kier alpha value is -3.02. The maximum atomic E-state index is 13.6. The molecule has 142 valence electrons. The molecule has 3 aliphatic rings. The third-order valence-electron chi connectivity index (χ3n) is 6.01. The van der Waals surface area contributed by atoms with E-state index in [4.69, 9.17) is 4.74 Å². The summed E-state index contributed by atoms with van der Waals surface area (Å²) in [7, 11) is 1.58. The monoisotopic (exact) mass is 377 g/mol. The smallest absolute Gasteiger partial charge is 0.235 e. The van der Waals surface area contributed by atoms with Gasteiger partial charge in [-0.05, 0) is 54.7 Å². The maximum Gasteiger partial charge on any atom is 0.235 e. The molecule has 1 aromatic heterocycles. The molecule has 0 N–H and O–H groups in total. The number of fused-ring (bicyclic) bond motifs is 1. The quantitative estimate of drug-likeness (QED) is 0.825. The molecule has 1 unspecified atom stereocenters. The number of benzene rings is 1. The number of carbonyl (C=O) groups is 1. The predicted molar refractivity (Wildman–Crippen MR) is 105 cm³/mol. The van der Waals surface area contributed by atoms with Crippen molar-refractivity contribution < 1.29 is 13.9 Å². The number of hydrogen-bond donors (Lipinski definition) is 0. The van der Waals surface area contributed by atoms with Crippen molar-refractivity contribution in [3.63, 3.8) is 0 Å². The molecule has 5 rings (SSSR count). The Morgan fingerprint density at radius 3 is 2.82 bits per heavy atom. The Kier molecular flexibility index (Phi) is 3.82. The number of allylic oxidation sites excluding steroid dienone is 1. The van der Waals surface area contributed by atoms with E-state index in [1.807, 2.05) is 30.5 Å². The number of hydrogen-bond acceptors (Lipinski definition) is 4. The molecule has 28 heavy (non-hydrogen) atoms. The lowest BCUT2D eigenvalue weighted by molar-refractivity contribution is -0.125. The van der Waals surface area contributed by atoms with Crippen LogP contribution in [0.5, 0.6) is 5.88 Å². The van der Waals surface area contributed by atoms with Gasteiger partial charge in [0.1, 0.15) is 11.6 Å². The van der Waals surface area contributed by atoms with Crippen LogP contribution in [0.2, 0.25) is 0 Å². The van der Waals surface area contributed by atoms with Crippen LogP contribution in [-0.2, 0) is 17.6 Å². The van der Waals surface area contributed by atoms with Crippen LogP contribution in [0.4, 0.5) is 10.2 Å². The van der Waals surface area contributed by atoms with E-state index in [-0.39, 0.29) is 11.7 Å². The first kappa shape index (κ1) is 17.1. The zero-order chi connectivity index (χ0) is 19.3. The van der Waals surface area contributed by atoms with Crippen LogP contribution in [0.1, 0.15) is 23.1 Å². The summed E-state index contributed by atoms with van der Waals surface area (Å²) >= 11 is 0. The zero-order valence-corrected chi connectivity index (χ0v) is 15.6. The van der Waals surface area contributed by atoms with Gasteiger partial charge in [0.25, 0.3) is 0 Å². The van der Waals surface area contributed by atoms with Gasteiger partial charge in [0, 0.05) is 23.9 Å². The van der Waals surface area contributed by atoms with E-state index < -0.39 is 5.41 Å². The molecule has 1 atom stereocenters. The number of nitrogens with zero attached hydrogens (tertiary/aromatic N) is 3. The van der Waals surface area contributed by atoms with Crippen LogP contribution in [0.3, 0.4) is 0 Å². The van der Waals surface area contributed by atoms with Crippen molar-refractivity contribution in [1.82, 2.24) is 4.98 Å². The highest BCUT2D eigenvalue weighted by atomic mass is 19.1. The van der Waals surface area contributed by atoms with Crippen LogP contribution in [0, 0.1) is 11.2 Å². The van der Waals surface area contributed by atoms with E-state index in [9.17, 15) is 9.18 Å². The zero-order valence-electron chi connectivity index (χ0n) is 15.6. The van der Waals surface area contributed by atoms with Gasteiger partial charge in [-0.3, -0.25) is 14.7 Å². The number of methoxy groups -OCH3 is 1. The summed E-state index contributed by atoms with van der Waals surface area (Å²) in [6.45, 7) is 1.27. The van der Waals surface area contributed by atoms with Crippen LogP contribution in [0.25, 0.3) is 5.57 Å². The standard InChI is InChI=1S/C22H20FN3O2/c1-28-20-18(15-6-8-24-13-15)4-5-19(25-20)26-9-7-22(21(26)27)11-14-2-3-17(23)10-16(14)12-22/h2-6,10,13H,7-9,11-12H2,1H3. The highest BCUT2D eigenvalue weighted by molar-refractivity contribution is 6.12. The molecule has 0 radical (unpaired) electrons. The van der Waals surface area contributed by atoms with E-state index in [0.29, 0.717) is 37.6 Å². The fraction of sp³-hybridized carbons (Fsp3) is 0.318. The van der Waals surface area contributed by atoms with Gasteiger partial charge < -0.3 is 4.74 Å². The number of halogens is 1. The van der Waals surface area contributed by atoms with Crippen LogP contribution >= 0.6 is 0 Å². The molecule has 1 aromatic carbocycles. The normalized spacial score (nSPS) is 22.9. The average Bonchev–Trinajstić information content (AvgIpc) is 3.42. The molecule has 1 saturated heterocycles. The molecule has 1 fully saturated rings. The lowest BCUT2D eigenvalue weighted by atomic mass is 9.83. The lowest BCUT2D eigenvalue weighted by Gasteiger charge is -2.22. The Bertz CT molecular complexity index is 1050. The minimum atomic E-state index is -0.482. The number of amides is 1. The fourth-order valence-electron chi connectivity index (χ4n) is 4.58. The second-order valence-corrected chi connectivity index (χ2v) is 7.63. The van der Waals surface area contributed by atoms with Crippen molar-refractivity contribution in [1.29, 1.82) is 0 Å². The van der Waals surface area contributed by atoms with Crippen molar-refractivity contribution in [3.8, 4) is 5.88 Å². The van der Waals surface area contributed by atoms with Gasteiger partial charge in [-0.15, -0.1) is 0 Å². The van der Waals surface area contributed by atoms with Gasteiger partial charge in [-0.1, -0.05) is 12.1 Å². The Balaban J connectivity index is 1.44. The Morgan fingerprint density at radius 2 is 2.04 bits per heavy atom. The summed E-state index contributed by atoms with van der Waals surface area (Å²) in [5.74, 6) is 0.903. The first-order valence-corrected chi connectivity index (χ1v) is 9.44. The predicted octanol–water partition coefficient (Wildman–Crippen LogP) is 3.22. The highest BCUT2D eigenvalue weighted by Gasteiger charge is 2.50. The second-order valence-electron chi connectivity index (χ2n) is 7.63. The third-order valence-corrected chi connectivity index (χ3v) is 6.01. The summed E-state index contributed by atoms with van der Waals surface area (Å²) in [5.41, 5.74) is 3.39. The van der Waals surface area contributed by atoms with Crippen molar-refractivity contribution >= 4 is 23.5 Å². The summed E-state index contributed by atoms with van der Waals surface area (Å²) < 4.78 is 19.1. The molecule has 0 bridgehead atoms. The largest absolute Gasteiger partial charge is 0.480 e. The van der Waals surface area contributed by atoms with Gasteiger partial charge in [0.05, 0.1) is 19.1 Å². The molecule has 0 saturated carbocycles. The number of anilines is 1. The van der Waals surface area contributed by atoms with Gasteiger partial charge in [0.15, 0.2) is 0 Å². The van der Waals surface area contributed by atoms with Gasteiger partial charge in [-0.25, -0.2) is 4.39 Å². The van der Waals surface area contributed by atoms with Gasteiger partial charge in [-0.2, -0.15) is 4.98 Å². The van der Waals surface area contributed by atoms with Crippen LogP contribution in [0.15, 0.2) is 41.4 Å². The van der Waals surface area contributed by atoms with E-state index in [0.717, 1.165) is 28.7 Å². The Labute approximate surface area is 162 Å². The van der Waals surface area contributed by atoms with Gasteiger partial charge in [0.2, 0.25) is 11.8 Å². The molecular formula is C22H20FN3O2. The highest BCUT2D eigenvalue weighted by Crippen LogP contribution is 2.46. The van der Waals surface area contributed by atoms with Crippen molar-refractivity contribution in [2.45, 2.75) is 19.3 Å². The van der Waals surface area contributed by atoms with Crippen molar-refractivity contribution in [3.05, 3.63) is 58.9 Å². The molecule has 3 heterocycles. The number of carbonyl (C=O) groups excluding carboxylic acids is 1. The number of pyridine rings is 1. The average molecular weight is 377 g/mol. The molecule has 6 heteroatoms. The fourth-order valence-corrected chi connectivity index (χ4v) is 4.58. The second kappa shape index (κ2) is 6.26. The number of aliphatic imine (C=N–C) groups is 1. The first-order chi connectivity index (χ1) is 13.6. The van der Waals surface area contributed by atoms with Crippen molar-refractivity contribution in [2.75, 3.05) is 25.1 Å². The number of rotatable bonds is 3. The van der Waals surface area contributed by atoms with E-state index in [1.165, 1.54) is 6.07 Å². The molecule has 1 aliphatic carbocycles. The maximum absolute atomic E-state index is 13.6. The van der Waals surface area contributed by atoms with E-state index in [1.54, 1.807) is 18.1 Å².